The summed E-state index contributed by atoms with van der Waals surface area (Å²) in [7, 11) is 0. The van der Waals surface area contributed by atoms with Crippen LogP contribution < -0.4 is 5.32 Å². The fourth-order valence-corrected chi connectivity index (χ4v) is 2.31. The summed E-state index contributed by atoms with van der Waals surface area (Å²) < 4.78 is 0. The summed E-state index contributed by atoms with van der Waals surface area (Å²) in [4.78, 5) is 8.91. The third-order valence-corrected chi connectivity index (χ3v) is 3.66. The van der Waals surface area contributed by atoms with E-state index in [1.807, 2.05) is 26.0 Å². The Bertz CT molecular complexity index is 632. The van der Waals surface area contributed by atoms with Crippen LogP contribution in [0.4, 0.5) is 5.82 Å². The van der Waals surface area contributed by atoms with Crippen molar-refractivity contribution >= 4 is 29.0 Å². The van der Waals surface area contributed by atoms with Gasteiger partial charge in [-0.3, -0.25) is 0 Å². The number of hydrogen-bond acceptors (Lipinski definition) is 4. The van der Waals surface area contributed by atoms with E-state index in [9.17, 15) is 5.11 Å². The number of rotatable bonds is 4. The van der Waals surface area contributed by atoms with E-state index in [1.165, 1.54) is 0 Å². The Morgan fingerprint density at radius 3 is 2.65 bits per heavy atom. The number of anilines is 1. The first-order valence-corrected chi connectivity index (χ1v) is 7.00. The second-order valence-corrected chi connectivity index (χ2v) is 5.03. The predicted molar refractivity (Wildman–Crippen MR) is 82.3 cm³/mol. The first-order chi connectivity index (χ1) is 9.58. The third kappa shape index (κ3) is 2.87. The van der Waals surface area contributed by atoms with Gasteiger partial charge in [0.05, 0.1) is 28.0 Å². The zero-order valence-corrected chi connectivity index (χ0v) is 12.8. The fraction of sp³-hybridized carbons (Fsp3) is 0.286. The number of aliphatic hydroxyl groups is 1. The maximum Gasteiger partial charge on any atom is 0.150 e. The minimum absolute atomic E-state index is 0.194. The van der Waals surface area contributed by atoms with Crippen LogP contribution in [0.5, 0.6) is 0 Å². The molecule has 0 spiro atoms. The summed E-state index contributed by atoms with van der Waals surface area (Å²) in [6, 6.07) is 5.36. The van der Waals surface area contributed by atoms with Crippen LogP contribution in [0.1, 0.15) is 18.3 Å². The number of aliphatic hydroxyl groups excluding tert-OH is 1. The van der Waals surface area contributed by atoms with Gasteiger partial charge >= 0.3 is 0 Å². The predicted octanol–water partition coefficient (Wildman–Crippen LogP) is 3.68. The topological polar surface area (TPSA) is 58.0 Å². The van der Waals surface area contributed by atoms with Crippen molar-refractivity contribution in [3.05, 3.63) is 39.6 Å². The first-order valence-electron chi connectivity index (χ1n) is 6.25. The SMILES string of the molecule is CCNc1nc(C)c(-c2cccc(Cl)c2Cl)nc1CO. The standard InChI is InChI=1S/C14H15Cl2N3O/c1-3-17-14-11(7-20)19-13(8(2)18-14)9-5-4-6-10(15)12(9)16/h4-6,20H,3,7H2,1-2H3,(H,17,18). The van der Waals surface area contributed by atoms with E-state index in [4.69, 9.17) is 23.2 Å². The molecule has 4 nitrogen and oxygen atoms in total. The minimum atomic E-state index is -0.194. The largest absolute Gasteiger partial charge is 0.390 e. The number of nitrogens with zero attached hydrogens (tertiary/aromatic N) is 2. The number of aryl methyl sites for hydroxylation is 1. The highest BCUT2D eigenvalue weighted by atomic mass is 35.5. The summed E-state index contributed by atoms with van der Waals surface area (Å²) in [5, 5.41) is 13.4. The van der Waals surface area contributed by atoms with Crippen LogP contribution in [0.25, 0.3) is 11.3 Å². The molecule has 0 unspecified atom stereocenters. The van der Waals surface area contributed by atoms with Crippen molar-refractivity contribution in [3.63, 3.8) is 0 Å². The highest BCUT2D eigenvalue weighted by molar-refractivity contribution is 6.43. The van der Waals surface area contributed by atoms with Gasteiger partial charge in [0, 0.05) is 12.1 Å². The number of benzene rings is 1. The van der Waals surface area contributed by atoms with E-state index in [0.29, 0.717) is 39.4 Å². The maximum absolute atomic E-state index is 9.43. The van der Waals surface area contributed by atoms with Crippen molar-refractivity contribution in [3.8, 4) is 11.3 Å². The second-order valence-electron chi connectivity index (χ2n) is 4.24. The molecule has 0 saturated heterocycles. The first kappa shape index (κ1) is 15.0. The third-order valence-electron chi connectivity index (χ3n) is 2.84. The van der Waals surface area contributed by atoms with Crippen LogP contribution in [0, 0.1) is 6.92 Å². The minimum Gasteiger partial charge on any atom is -0.390 e. The smallest absolute Gasteiger partial charge is 0.150 e. The molecular formula is C14H15Cl2N3O. The molecule has 20 heavy (non-hydrogen) atoms. The molecule has 0 fully saturated rings. The van der Waals surface area contributed by atoms with Gasteiger partial charge in [0.25, 0.3) is 0 Å². The zero-order chi connectivity index (χ0) is 14.7. The number of hydrogen-bond donors (Lipinski definition) is 2. The molecule has 0 amide bonds. The van der Waals surface area contributed by atoms with Crippen molar-refractivity contribution < 1.29 is 5.11 Å². The number of nitrogens with one attached hydrogen (secondary N) is 1. The molecule has 0 aliphatic rings. The molecule has 1 aromatic carbocycles. The Morgan fingerprint density at radius 2 is 2.00 bits per heavy atom. The molecule has 106 valence electrons. The Kier molecular flexibility index (Phi) is 4.81. The van der Waals surface area contributed by atoms with E-state index in [1.54, 1.807) is 6.07 Å². The van der Waals surface area contributed by atoms with Gasteiger partial charge in [0.15, 0.2) is 5.82 Å². The van der Waals surface area contributed by atoms with Crippen molar-refractivity contribution in [1.29, 1.82) is 0 Å². The molecule has 2 aromatic rings. The lowest BCUT2D eigenvalue weighted by atomic mass is 10.1. The van der Waals surface area contributed by atoms with Crippen molar-refractivity contribution in [1.82, 2.24) is 9.97 Å². The lowest BCUT2D eigenvalue weighted by molar-refractivity contribution is 0.277. The van der Waals surface area contributed by atoms with Gasteiger partial charge in [-0.05, 0) is 19.9 Å². The lowest BCUT2D eigenvalue weighted by Gasteiger charge is -2.13. The normalized spacial score (nSPS) is 10.7. The molecule has 0 aliphatic carbocycles. The summed E-state index contributed by atoms with van der Waals surface area (Å²) >= 11 is 12.2. The average molecular weight is 312 g/mol. The highest BCUT2D eigenvalue weighted by Crippen LogP contribution is 2.34. The number of halogens is 2. The van der Waals surface area contributed by atoms with Crippen LogP contribution in [0.2, 0.25) is 10.0 Å². The van der Waals surface area contributed by atoms with Gasteiger partial charge in [0.2, 0.25) is 0 Å². The maximum atomic E-state index is 9.43. The lowest BCUT2D eigenvalue weighted by Crippen LogP contribution is -2.08. The zero-order valence-electron chi connectivity index (χ0n) is 11.2. The summed E-state index contributed by atoms with van der Waals surface area (Å²) in [5.41, 5.74) is 2.55. The Morgan fingerprint density at radius 1 is 1.25 bits per heavy atom. The van der Waals surface area contributed by atoms with Gasteiger partial charge in [-0.15, -0.1) is 0 Å². The van der Waals surface area contributed by atoms with Gasteiger partial charge in [-0.2, -0.15) is 0 Å². The molecule has 0 saturated carbocycles. The van der Waals surface area contributed by atoms with Crippen LogP contribution in [0.3, 0.4) is 0 Å². The van der Waals surface area contributed by atoms with Crippen molar-refractivity contribution in [2.45, 2.75) is 20.5 Å². The van der Waals surface area contributed by atoms with Crippen LogP contribution in [-0.2, 0) is 6.61 Å². The van der Waals surface area contributed by atoms with E-state index in [0.717, 1.165) is 5.69 Å². The van der Waals surface area contributed by atoms with E-state index in [2.05, 4.69) is 15.3 Å². The summed E-state index contributed by atoms with van der Waals surface area (Å²) in [5.74, 6) is 0.592. The monoisotopic (exact) mass is 311 g/mol. The number of aromatic nitrogens is 2. The molecule has 1 heterocycles. The van der Waals surface area contributed by atoms with Gasteiger partial charge in [-0.1, -0.05) is 35.3 Å². The van der Waals surface area contributed by atoms with Crippen molar-refractivity contribution in [2.75, 3.05) is 11.9 Å². The van der Waals surface area contributed by atoms with E-state index < -0.39 is 0 Å². The Labute approximate surface area is 127 Å². The van der Waals surface area contributed by atoms with E-state index >= 15 is 0 Å². The molecule has 2 N–H and O–H groups in total. The second kappa shape index (κ2) is 6.39. The highest BCUT2D eigenvalue weighted by Gasteiger charge is 2.15. The van der Waals surface area contributed by atoms with E-state index in [-0.39, 0.29) is 6.61 Å². The molecule has 0 radical (unpaired) electrons. The fourth-order valence-electron chi connectivity index (χ4n) is 1.92. The van der Waals surface area contributed by atoms with Gasteiger partial charge < -0.3 is 10.4 Å². The van der Waals surface area contributed by atoms with Gasteiger partial charge in [0.1, 0.15) is 5.69 Å². The molecule has 1 aromatic heterocycles. The summed E-state index contributed by atoms with van der Waals surface area (Å²) in [6.45, 7) is 4.32. The quantitative estimate of drug-likeness (QED) is 0.904. The molecular weight excluding hydrogens is 297 g/mol. The molecule has 2 rings (SSSR count). The molecule has 0 atom stereocenters. The molecule has 0 aliphatic heterocycles. The Hall–Kier alpha value is -1.36. The van der Waals surface area contributed by atoms with Crippen LogP contribution in [-0.4, -0.2) is 21.6 Å². The molecule has 6 heteroatoms. The summed E-state index contributed by atoms with van der Waals surface area (Å²) in [6.07, 6.45) is 0. The molecule has 0 bridgehead atoms. The Balaban J connectivity index is 2.60. The van der Waals surface area contributed by atoms with Crippen molar-refractivity contribution in [2.24, 2.45) is 0 Å². The van der Waals surface area contributed by atoms with Gasteiger partial charge in [-0.25, -0.2) is 9.97 Å². The van der Waals surface area contributed by atoms with Crippen LogP contribution >= 0.6 is 23.2 Å². The average Bonchev–Trinajstić information content (AvgIpc) is 2.43. The van der Waals surface area contributed by atoms with Crippen LogP contribution in [0.15, 0.2) is 18.2 Å².